The van der Waals surface area contributed by atoms with E-state index in [2.05, 4.69) is 16.8 Å². The standard InChI is InChI=1S/C12H21N3OS/c1-15(8-3-6-13)10-12(16)14-7-5-11-4-2-9-17-11/h2,4,9H,3,5-8,10,13H2,1H3,(H,14,16). The average molecular weight is 255 g/mol. The van der Waals surface area contributed by atoms with E-state index >= 15 is 0 Å². The summed E-state index contributed by atoms with van der Waals surface area (Å²) in [5.41, 5.74) is 5.42. The van der Waals surface area contributed by atoms with E-state index in [1.165, 1.54) is 4.88 Å². The van der Waals surface area contributed by atoms with Gasteiger partial charge in [-0.05, 0) is 44.4 Å². The molecule has 0 bridgehead atoms. The van der Waals surface area contributed by atoms with Crippen molar-refractivity contribution < 1.29 is 4.79 Å². The van der Waals surface area contributed by atoms with Gasteiger partial charge in [0, 0.05) is 11.4 Å². The van der Waals surface area contributed by atoms with Crippen LogP contribution in [0.25, 0.3) is 0 Å². The quantitative estimate of drug-likeness (QED) is 0.718. The van der Waals surface area contributed by atoms with Crippen LogP contribution in [-0.2, 0) is 11.2 Å². The number of hydrogen-bond acceptors (Lipinski definition) is 4. The molecule has 96 valence electrons. The van der Waals surface area contributed by atoms with Crippen molar-refractivity contribution in [3.8, 4) is 0 Å². The van der Waals surface area contributed by atoms with Crippen LogP contribution in [0.1, 0.15) is 11.3 Å². The third-order valence-electron chi connectivity index (χ3n) is 2.43. The maximum atomic E-state index is 11.6. The van der Waals surface area contributed by atoms with E-state index in [1.807, 2.05) is 18.0 Å². The molecular formula is C12H21N3OS. The highest BCUT2D eigenvalue weighted by atomic mass is 32.1. The predicted octanol–water partition coefficient (Wildman–Crippen LogP) is 0.687. The Hall–Kier alpha value is -0.910. The summed E-state index contributed by atoms with van der Waals surface area (Å²) in [7, 11) is 1.94. The van der Waals surface area contributed by atoms with Gasteiger partial charge in [-0.15, -0.1) is 11.3 Å². The summed E-state index contributed by atoms with van der Waals surface area (Å²) >= 11 is 1.72. The van der Waals surface area contributed by atoms with Crippen molar-refractivity contribution in [3.63, 3.8) is 0 Å². The molecule has 0 aliphatic rings. The minimum Gasteiger partial charge on any atom is -0.355 e. The lowest BCUT2D eigenvalue weighted by molar-refractivity contribution is -0.121. The summed E-state index contributed by atoms with van der Waals surface area (Å²) in [4.78, 5) is 14.9. The highest BCUT2D eigenvalue weighted by Gasteiger charge is 2.05. The van der Waals surface area contributed by atoms with E-state index < -0.39 is 0 Å². The molecule has 0 saturated carbocycles. The molecule has 0 unspecified atom stereocenters. The third kappa shape index (κ3) is 6.41. The van der Waals surface area contributed by atoms with E-state index in [1.54, 1.807) is 11.3 Å². The number of likely N-dealkylation sites (N-methyl/N-ethyl adjacent to an activating group) is 1. The van der Waals surface area contributed by atoms with Gasteiger partial charge in [-0.2, -0.15) is 0 Å². The molecule has 5 heteroatoms. The van der Waals surface area contributed by atoms with Gasteiger partial charge in [-0.1, -0.05) is 6.07 Å². The maximum Gasteiger partial charge on any atom is 0.234 e. The number of rotatable bonds is 8. The summed E-state index contributed by atoms with van der Waals surface area (Å²) in [6.45, 7) is 2.70. The molecule has 1 aromatic rings. The molecule has 0 fully saturated rings. The molecular weight excluding hydrogens is 234 g/mol. The second-order valence-corrected chi connectivity index (χ2v) is 5.09. The van der Waals surface area contributed by atoms with Gasteiger partial charge < -0.3 is 11.1 Å². The first kappa shape index (κ1) is 14.2. The zero-order valence-electron chi connectivity index (χ0n) is 10.3. The molecule has 1 aromatic heterocycles. The van der Waals surface area contributed by atoms with Crippen LogP contribution >= 0.6 is 11.3 Å². The minimum absolute atomic E-state index is 0.0843. The number of nitrogens with zero attached hydrogens (tertiary/aromatic N) is 1. The molecule has 0 saturated heterocycles. The molecule has 0 atom stereocenters. The van der Waals surface area contributed by atoms with Crippen molar-refractivity contribution in [3.05, 3.63) is 22.4 Å². The lowest BCUT2D eigenvalue weighted by Gasteiger charge is -2.15. The van der Waals surface area contributed by atoms with Crippen LogP contribution < -0.4 is 11.1 Å². The predicted molar refractivity (Wildman–Crippen MR) is 72.2 cm³/mol. The molecule has 1 rings (SSSR count). The van der Waals surface area contributed by atoms with Crippen LogP contribution in [0.3, 0.4) is 0 Å². The second kappa shape index (κ2) is 8.22. The molecule has 0 spiro atoms. The Morgan fingerprint density at radius 2 is 2.41 bits per heavy atom. The van der Waals surface area contributed by atoms with Gasteiger partial charge in [0.25, 0.3) is 0 Å². The fourth-order valence-electron chi connectivity index (χ4n) is 1.52. The van der Waals surface area contributed by atoms with E-state index in [0.717, 1.165) is 19.4 Å². The van der Waals surface area contributed by atoms with Gasteiger partial charge in [-0.3, -0.25) is 9.69 Å². The van der Waals surface area contributed by atoms with Crippen LogP contribution in [0.5, 0.6) is 0 Å². The number of thiophene rings is 1. The van der Waals surface area contributed by atoms with Crippen molar-refractivity contribution in [1.82, 2.24) is 10.2 Å². The Balaban J connectivity index is 2.08. The maximum absolute atomic E-state index is 11.6. The van der Waals surface area contributed by atoms with Gasteiger partial charge in [0.1, 0.15) is 0 Å². The molecule has 17 heavy (non-hydrogen) atoms. The molecule has 3 N–H and O–H groups in total. The van der Waals surface area contributed by atoms with Crippen LogP contribution in [0.15, 0.2) is 17.5 Å². The highest BCUT2D eigenvalue weighted by molar-refractivity contribution is 7.09. The van der Waals surface area contributed by atoms with Crippen LogP contribution in [-0.4, -0.2) is 44.0 Å². The van der Waals surface area contributed by atoms with Crippen molar-refractivity contribution in [2.24, 2.45) is 5.73 Å². The Labute approximate surface area is 107 Å². The minimum atomic E-state index is 0.0843. The fraction of sp³-hybridized carbons (Fsp3) is 0.583. The van der Waals surface area contributed by atoms with Gasteiger partial charge in [0.05, 0.1) is 6.54 Å². The number of nitrogens with two attached hydrogens (primary N) is 1. The van der Waals surface area contributed by atoms with Crippen molar-refractivity contribution >= 4 is 17.2 Å². The Bertz CT molecular complexity index is 314. The summed E-state index contributed by atoms with van der Waals surface area (Å²) in [5, 5.41) is 4.98. The molecule has 4 nitrogen and oxygen atoms in total. The van der Waals surface area contributed by atoms with Crippen molar-refractivity contribution in [1.29, 1.82) is 0 Å². The average Bonchev–Trinajstić information content (AvgIpc) is 2.79. The summed E-state index contributed by atoms with van der Waals surface area (Å²) in [6.07, 6.45) is 1.84. The number of amides is 1. The molecule has 0 aliphatic carbocycles. The fourth-order valence-corrected chi connectivity index (χ4v) is 2.23. The number of nitrogens with one attached hydrogen (secondary N) is 1. The van der Waals surface area contributed by atoms with Crippen LogP contribution in [0.4, 0.5) is 0 Å². The first-order chi connectivity index (χ1) is 8.22. The normalized spacial score (nSPS) is 10.8. The van der Waals surface area contributed by atoms with Crippen LogP contribution in [0, 0.1) is 0 Å². The first-order valence-electron chi connectivity index (χ1n) is 5.90. The zero-order chi connectivity index (χ0) is 12.5. The van der Waals surface area contributed by atoms with Crippen LogP contribution in [0.2, 0.25) is 0 Å². The SMILES string of the molecule is CN(CCCN)CC(=O)NCCc1cccs1. The summed E-state index contributed by atoms with van der Waals surface area (Å²) in [6, 6.07) is 4.12. The van der Waals surface area contributed by atoms with E-state index in [4.69, 9.17) is 5.73 Å². The molecule has 1 amide bonds. The largest absolute Gasteiger partial charge is 0.355 e. The zero-order valence-corrected chi connectivity index (χ0v) is 11.1. The Morgan fingerprint density at radius 3 is 3.06 bits per heavy atom. The second-order valence-electron chi connectivity index (χ2n) is 4.06. The topological polar surface area (TPSA) is 58.4 Å². The van der Waals surface area contributed by atoms with Crippen molar-refractivity contribution in [2.75, 3.05) is 33.2 Å². The molecule has 0 aromatic carbocycles. The smallest absolute Gasteiger partial charge is 0.234 e. The van der Waals surface area contributed by atoms with Crippen molar-refractivity contribution in [2.45, 2.75) is 12.8 Å². The molecule has 1 heterocycles. The van der Waals surface area contributed by atoms with Gasteiger partial charge in [0.15, 0.2) is 0 Å². The molecule has 0 radical (unpaired) electrons. The number of carbonyl (C=O) groups is 1. The van der Waals surface area contributed by atoms with E-state index in [-0.39, 0.29) is 5.91 Å². The summed E-state index contributed by atoms with van der Waals surface area (Å²) in [5.74, 6) is 0.0843. The third-order valence-corrected chi connectivity index (χ3v) is 3.37. The number of carbonyl (C=O) groups excluding carboxylic acids is 1. The highest BCUT2D eigenvalue weighted by Crippen LogP contribution is 2.07. The summed E-state index contributed by atoms with van der Waals surface area (Å²) < 4.78 is 0. The van der Waals surface area contributed by atoms with E-state index in [0.29, 0.717) is 19.6 Å². The van der Waals surface area contributed by atoms with E-state index in [9.17, 15) is 4.79 Å². The lowest BCUT2D eigenvalue weighted by Crippen LogP contribution is -2.36. The molecule has 0 aliphatic heterocycles. The first-order valence-corrected chi connectivity index (χ1v) is 6.78. The number of hydrogen-bond donors (Lipinski definition) is 2. The van der Waals surface area contributed by atoms with Gasteiger partial charge in [0.2, 0.25) is 5.91 Å². The lowest BCUT2D eigenvalue weighted by atomic mass is 10.3. The van der Waals surface area contributed by atoms with Gasteiger partial charge >= 0.3 is 0 Å². The Morgan fingerprint density at radius 1 is 1.59 bits per heavy atom. The van der Waals surface area contributed by atoms with Gasteiger partial charge in [-0.25, -0.2) is 0 Å². The monoisotopic (exact) mass is 255 g/mol. The Kier molecular flexibility index (Phi) is 6.84.